The molecular formula is C19H22F3NO2. The fourth-order valence-corrected chi connectivity index (χ4v) is 2.50. The number of carbonyl (C=O) groups excluding carboxylic acids is 1. The SMILES string of the molecule is FF.O=C(Cc1ccc(CCCCc2ccc(CF)cc2)cc1)NO. The maximum absolute atomic E-state index is 12.4. The van der Waals surface area contributed by atoms with Crippen molar-refractivity contribution in [2.24, 2.45) is 0 Å². The van der Waals surface area contributed by atoms with Gasteiger partial charge in [-0.15, -0.1) is 0 Å². The van der Waals surface area contributed by atoms with Crippen molar-refractivity contribution in [1.29, 1.82) is 0 Å². The number of hydrogen-bond donors (Lipinski definition) is 2. The summed E-state index contributed by atoms with van der Waals surface area (Å²) in [6.45, 7) is -0.407. The van der Waals surface area contributed by atoms with E-state index >= 15 is 0 Å². The third kappa shape index (κ3) is 7.85. The third-order valence-corrected chi connectivity index (χ3v) is 3.87. The van der Waals surface area contributed by atoms with Crippen LogP contribution in [0.25, 0.3) is 0 Å². The minimum absolute atomic E-state index is 0.186. The Morgan fingerprint density at radius 2 is 1.20 bits per heavy atom. The first-order valence-electron chi connectivity index (χ1n) is 8.00. The van der Waals surface area contributed by atoms with Crippen molar-refractivity contribution < 1.29 is 23.5 Å². The fraction of sp³-hybridized carbons (Fsp3) is 0.316. The standard InChI is InChI=1S/C19H22FNO2.F2/c20-14-18-11-7-16(8-12-18)4-2-1-3-15-5-9-17(10-6-15)13-19(22)21-23;1-2/h5-12,23H,1-4,13-14H2,(H,21,22);. The van der Waals surface area contributed by atoms with Crippen molar-refractivity contribution in [1.82, 2.24) is 5.48 Å². The average Bonchev–Trinajstić information content (AvgIpc) is 2.68. The lowest BCUT2D eigenvalue weighted by atomic mass is 10.0. The maximum Gasteiger partial charge on any atom is 0.247 e. The first-order valence-corrected chi connectivity index (χ1v) is 8.00. The summed E-state index contributed by atoms with van der Waals surface area (Å²) in [4.78, 5) is 11.1. The summed E-state index contributed by atoms with van der Waals surface area (Å²) in [6, 6.07) is 15.6. The van der Waals surface area contributed by atoms with Crippen LogP contribution in [-0.4, -0.2) is 11.1 Å². The van der Waals surface area contributed by atoms with Gasteiger partial charge in [-0.25, -0.2) is 9.87 Å². The van der Waals surface area contributed by atoms with Crippen molar-refractivity contribution in [3.05, 3.63) is 70.8 Å². The molecule has 0 atom stereocenters. The number of halogens is 3. The molecule has 0 saturated heterocycles. The van der Waals surface area contributed by atoms with E-state index in [9.17, 15) is 9.18 Å². The fourth-order valence-electron chi connectivity index (χ4n) is 2.50. The van der Waals surface area contributed by atoms with Crippen LogP contribution < -0.4 is 5.48 Å². The summed E-state index contributed by atoms with van der Waals surface area (Å²) in [5.74, 6) is -0.406. The van der Waals surface area contributed by atoms with Crippen LogP contribution >= 0.6 is 0 Å². The van der Waals surface area contributed by atoms with E-state index < -0.39 is 12.6 Å². The molecule has 0 saturated carbocycles. The quantitative estimate of drug-likeness (QED) is 0.414. The molecular weight excluding hydrogens is 331 g/mol. The third-order valence-electron chi connectivity index (χ3n) is 3.87. The lowest BCUT2D eigenvalue weighted by molar-refractivity contribution is -0.128. The molecule has 3 nitrogen and oxygen atoms in total. The van der Waals surface area contributed by atoms with Gasteiger partial charge in [-0.2, -0.15) is 0 Å². The molecule has 0 aliphatic carbocycles. The van der Waals surface area contributed by atoms with Crippen molar-refractivity contribution in [3.63, 3.8) is 0 Å². The number of rotatable bonds is 8. The zero-order valence-electron chi connectivity index (χ0n) is 13.9. The van der Waals surface area contributed by atoms with E-state index in [0.717, 1.165) is 36.8 Å². The summed E-state index contributed by atoms with van der Waals surface area (Å²) in [6.07, 6.45) is 4.35. The van der Waals surface area contributed by atoms with Crippen LogP contribution in [0, 0.1) is 0 Å². The van der Waals surface area contributed by atoms with Gasteiger partial charge in [0.05, 0.1) is 6.42 Å². The van der Waals surface area contributed by atoms with Crippen LogP contribution in [0.1, 0.15) is 35.1 Å². The second-order valence-electron chi connectivity index (χ2n) is 5.69. The Kier molecular flexibility index (Phi) is 10.0. The molecule has 0 aromatic heterocycles. The average molecular weight is 353 g/mol. The molecule has 0 heterocycles. The lowest BCUT2D eigenvalue weighted by Gasteiger charge is -2.05. The maximum atomic E-state index is 12.4. The Morgan fingerprint density at radius 3 is 1.60 bits per heavy atom. The number of benzene rings is 2. The van der Waals surface area contributed by atoms with Gasteiger partial charge in [0, 0.05) is 9.15 Å². The van der Waals surface area contributed by atoms with Gasteiger partial charge in [0.15, 0.2) is 0 Å². The number of unbranched alkanes of at least 4 members (excludes halogenated alkanes) is 1. The lowest BCUT2D eigenvalue weighted by Crippen LogP contribution is -2.20. The van der Waals surface area contributed by atoms with E-state index in [4.69, 9.17) is 14.4 Å². The van der Waals surface area contributed by atoms with Gasteiger partial charge in [0.2, 0.25) is 5.91 Å². The smallest absolute Gasteiger partial charge is 0.247 e. The predicted molar refractivity (Wildman–Crippen MR) is 90.2 cm³/mol. The molecule has 0 bridgehead atoms. The van der Waals surface area contributed by atoms with E-state index in [-0.39, 0.29) is 6.42 Å². The van der Waals surface area contributed by atoms with Crippen LogP contribution in [0.4, 0.5) is 13.5 Å². The number of alkyl halides is 1. The molecule has 2 aromatic rings. The summed E-state index contributed by atoms with van der Waals surface area (Å²) < 4.78 is 28.4. The Morgan fingerprint density at radius 1 is 0.800 bits per heavy atom. The molecule has 0 radical (unpaired) electrons. The highest BCUT2D eigenvalue weighted by Gasteiger charge is 2.02. The van der Waals surface area contributed by atoms with Crippen molar-refractivity contribution in [3.8, 4) is 0 Å². The zero-order chi connectivity index (χ0) is 18.5. The Bertz CT molecular complexity index is 616. The van der Waals surface area contributed by atoms with Crippen molar-refractivity contribution in [2.45, 2.75) is 38.8 Å². The van der Waals surface area contributed by atoms with Gasteiger partial charge in [-0.3, -0.25) is 10.0 Å². The minimum Gasteiger partial charge on any atom is -0.289 e. The molecule has 2 rings (SSSR count). The number of nitrogens with one attached hydrogen (secondary N) is 1. The number of hydroxylamine groups is 1. The van der Waals surface area contributed by atoms with Crippen LogP contribution in [0.5, 0.6) is 0 Å². The number of hydrogen-bond acceptors (Lipinski definition) is 2. The normalized spacial score (nSPS) is 9.92. The molecule has 2 aromatic carbocycles. The van der Waals surface area contributed by atoms with Gasteiger partial charge < -0.3 is 0 Å². The van der Waals surface area contributed by atoms with E-state index in [0.29, 0.717) is 0 Å². The Hall–Kier alpha value is -2.34. The van der Waals surface area contributed by atoms with Crippen molar-refractivity contribution >= 4 is 5.91 Å². The van der Waals surface area contributed by atoms with Crippen LogP contribution in [0.3, 0.4) is 0 Å². The second kappa shape index (κ2) is 12.1. The van der Waals surface area contributed by atoms with Gasteiger partial charge >= 0.3 is 0 Å². The minimum atomic E-state index is -0.407. The summed E-state index contributed by atoms with van der Waals surface area (Å²) in [5.41, 5.74) is 5.73. The molecule has 6 heteroatoms. The van der Waals surface area contributed by atoms with Crippen molar-refractivity contribution in [2.75, 3.05) is 0 Å². The monoisotopic (exact) mass is 353 g/mol. The number of amides is 1. The summed E-state index contributed by atoms with van der Waals surface area (Å²) in [5, 5.41) is 8.50. The van der Waals surface area contributed by atoms with E-state index in [1.807, 2.05) is 48.5 Å². The topological polar surface area (TPSA) is 49.3 Å². The van der Waals surface area contributed by atoms with E-state index in [1.165, 1.54) is 11.1 Å². The van der Waals surface area contributed by atoms with Gasteiger partial charge in [-0.1, -0.05) is 48.5 Å². The first kappa shape index (κ1) is 20.7. The zero-order valence-corrected chi connectivity index (χ0v) is 13.9. The molecule has 0 aliphatic rings. The van der Waals surface area contributed by atoms with Gasteiger partial charge in [0.25, 0.3) is 0 Å². The number of aryl methyl sites for hydroxylation is 2. The highest BCUT2D eigenvalue weighted by atomic mass is 20.0. The van der Waals surface area contributed by atoms with Gasteiger partial charge in [-0.05, 0) is 47.9 Å². The largest absolute Gasteiger partial charge is 0.289 e. The molecule has 0 aliphatic heterocycles. The Balaban J connectivity index is 0.00000151. The van der Waals surface area contributed by atoms with E-state index in [2.05, 4.69) is 0 Å². The van der Waals surface area contributed by atoms with E-state index in [1.54, 1.807) is 5.48 Å². The highest BCUT2D eigenvalue weighted by Crippen LogP contribution is 2.12. The molecule has 0 spiro atoms. The first-order chi connectivity index (χ1) is 12.2. The Labute approximate surface area is 145 Å². The molecule has 0 fully saturated rings. The summed E-state index contributed by atoms with van der Waals surface area (Å²) >= 11 is 0. The summed E-state index contributed by atoms with van der Waals surface area (Å²) in [7, 11) is 0. The van der Waals surface area contributed by atoms with Crippen LogP contribution in [-0.2, 0) is 30.7 Å². The second-order valence-corrected chi connectivity index (χ2v) is 5.69. The molecule has 25 heavy (non-hydrogen) atoms. The molecule has 1 amide bonds. The van der Waals surface area contributed by atoms with Crippen LogP contribution in [0.15, 0.2) is 48.5 Å². The van der Waals surface area contributed by atoms with Crippen LogP contribution in [0.2, 0.25) is 0 Å². The van der Waals surface area contributed by atoms with Gasteiger partial charge in [0.1, 0.15) is 6.67 Å². The number of carbonyl (C=O) groups is 1. The molecule has 136 valence electrons. The molecule has 2 N–H and O–H groups in total. The predicted octanol–water partition coefficient (Wildman–Crippen LogP) is 4.61. The molecule has 0 unspecified atom stereocenters. The highest BCUT2D eigenvalue weighted by molar-refractivity contribution is 5.77.